The smallest absolute Gasteiger partial charge is 0.0103 e. The first-order valence-electron chi connectivity index (χ1n) is 4.58. The summed E-state index contributed by atoms with van der Waals surface area (Å²) in [6.45, 7) is 3.47. The van der Waals surface area contributed by atoms with E-state index >= 15 is 0 Å². The maximum absolute atomic E-state index is 4.42. The molecule has 0 aromatic rings. The highest BCUT2D eigenvalue weighted by Crippen LogP contribution is 2.20. The van der Waals surface area contributed by atoms with Crippen LogP contribution in [0.3, 0.4) is 0 Å². The van der Waals surface area contributed by atoms with Crippen LogP contribution < -0.4 is 0 Å². The van der Waals surface area contributed by atoms with Crippen molar-refractivity contribution >= 4 is 12.6 Å². The van der Waals surface area contributed by atoms with Crippen LogP contribution in [0.1, 0.15) is 32.6 Å². The van der Waals surface area contributed by atoms with Gasteiger partial charge >= 0.3 is 0 Å². The van der Waals surface area contributed by atoms with Gasteiger partial charge in [-0.25, -0.2) is 0 Å². The molecule has 0 aliphatic carbocycles. The average Bonchev–Trinajstić information content (AvgIpc) is 1.93. The van der Waals surface area contributed by atoms with Crippen molar-refractivity contribution in [2.75, 3.05) is 13.6 Å². The second-order valence-corrected chi connectivity index (χ2v) is 4.60. The van der Waals surface area contributed by atoms with E-state index in [0.717, 1.165) is 6.04 Å². The maximum atomic E-state index is 4.42. The highest BCUT2D eigenvalue weighted by Gasteiger charge is 2.19. The molecule has 1 fully saturated rings. The third-order valence-electron chi connectivity index (χ3n) is 2.53. The lowest BCUT2D eigenvalue weighted by Crippen LogP contribution is -2.37. The normalized spacial score (nSPS) is 30.3. The summed E-state index contributed by atoms with van der Waals surface area (Å²) in [5.74, 6) is 0. The summed E-state index contributed by atoms with van der Waals surface area (Å²) in [5.41, 5.74) is 0. The molecule has 1 heterocycles. The van der Waals surface area contributed by atoms with Gasteiger partial charge in [-0.3, -0.25) is 0 Å². The van der Waals surface area contributed by atoms with E-state index in [4.69, 9.17) is 0 Å². The lowest BCUT2D eigenvalue weighted by Gasteiger charge is -2.33. The summed E-state index contributed by atoms with van der Waals surface area (Å²) in [6.07, 6.45) is 5.42. The van der Waals surface area contributed by atoms with Crippen molar-refractivity contribution in [1.82, 2.24) is 4.90 Å². The molecule has 1 saturated heterocycles. The fourth-order valence-corrected chi connectivity index (χ4v) is 2.08. The molecular weight excluding hydrogens is 154 g/mol. The Hall–Kier alpha value is 0.310. The van der Waals surface area contributed by atoms with Gasteiger partial charge in [0.1, 0.15) is 0 Å². The Balaban J connectivity index is 2.29. The first-order chi connectivity index (χ1) is 5.20. The summed E-state index contributed by atoms with van der Waals surface area (Å²) in [5, 5.41) is 0.556. The third-order valence-corrected chi connectivity index (χ3v) is 2.75. The van der Waals surface area contributed by atoms with Crippen LogP contribution in [0.5, 0.6) is 0 Å². The first-order valence-corrected chi connectivity index (χ1v) is 5.10. The van der Waals surface area contributed by atoms with Crippen molar-refractivity contribution in [3.05, 3.63) is 0 Å². The fraction of sp³-hybridized carbons (Fsp3) is 1.00. The van der Waals surface area contributed by atoms with E-state index < -0.39 is 0 Å². The summed E-state index contributed by atoms with van der Waals surface area (Å²) >= 11 is 4.42. The molecule has 66 valence electrons. The van der Waals surface area contributed by atoms with Gasteiger partial charge in [0.25, 0.3) is 0 Å². The SMILES string of the molecule is CC(S)C[C@H]1CCCCN1C. The number of rotatable bonds is 2. The van der Waals surface area contributed by atoms with E-state index in [1.165, 1.54) is 32.2 Å². The van der Waals surface area contributed by atoms with Crippen molar-refractivity contribution in [2.24, 2.45) is 0 Å². The molecule has 0 radical (unpaired) electrons. The van der Waals surface area contributed by atoms with Gasteiger partial charge in [-0.15, -0.1) is 0 Å². The highest BCUT2D eigenvalue weighted by atomic mass is 32.1. The summed E-state index contributed by atoms with van der Waals surface area (Å²) in [4.78, 5) is 2.48. The molecule has 11 heavy (non-hydrogen) atoms. The lowest BCUT2D eigenvalue weighted by atomic mass is 9.99. The minimum Gasteiger partial charge on any atom is -0.303 e. The molecule has 0 spiro atoms. The zero-order valence-electron chi connectivity index (χ0n) is 7.58. The zero-order valence-corrected chi connectivity index (χ0v) is 8.48. The van der Waals surface area contributed by atoms with Gasteiger partial charge in [0.05, 0.1) is 0 Å². The first kappa shape index (κ1) is 9.40. The Morgan fingerprint density at radius 2 is 2.27 bits per heavy atom. The summed E-state index contributed by atoms with van der Waals surface area (Å²) in [7, 11) is 2.24. The molecule has 0 amide bonds. The Morgan fingerprint density at radius 1 is 1.55 bits per heavy atom. The quantitative estimate of drug-likeness (QED) is 0.626. The van der Waals surface area contributed by atoms with E-state index in [-0.39, 0.29) is 0 Å². The summed E-state index contributed by atoms with van der Waals surface area (Å²) < 4.78 is 0. The molecule has 1 aliphatic rings. The molecule has 0 aromatic heterocycles. The van der Waals surface area contributed by atoms with Crippen LogP contribution in [0.2, 0.25) is 0 Å². The van der Waals surface area contributed by atoms with Crippen LogP contribution in [0, 0.1) is 0 Å². The van der Waals surface area contributed by atoms with Crippen LogP contribution in [0.4, 0.5) is 0 Å². The zero-order chi connectivity index (χ0) is 8.27. The number of hydrogen-bond donors (Lipinski definition) is 1. The standard InChI is InChI=1S/C9H19NS/c1-8(11)7-9-5-3-4-6-10(9)2/h8-9,11H,3-7H2,1-2H3/t8?,9-/m1/s1. The van der Waals surface area contributed by atoms with Gasteiger partial charge in [-0.1, -0.05) is 13.3 Å². The minimum atomic E-state index is 0.556. The van der Waals surface area contributed by atoms with Gasteiger partial charge in [0, 0.05) is 11.3 Å². The molecule has 0 N–H and O–H groups in total. The topological polar surface area (TPSA) is 3.24 Å². The molecule has 1 unspecified atom stereocenters. The van der Waals surface area contributed by atoms with Crippen molar-refractivity contribution in [2.45, 2.75) is 43.9 Å². The van der Waals surface area contributed by atoms with E-state index in [1.807, 2.05) is 0 Å². The van der Waals surface area contributed by atoms with E-state index in [1.54, 1.807) is 0 Å². The van der Waals surface area contributed by atoms with Gasteiger partial charge in [0.15, 0.2) is 0 Å². The van der Waals surface area contributed by atoms with Crippen LogP contribution in [0.15, 0.2) is 0 Å². The Bertz CT molecular complexity index is 114. The van der Waals surface area contributed by atoms with Crippen LogP contribution >= 0.6 is 12.6 Å². The molecule has 2 atom stereocenters. The summed E-state index contributed by atoms with van der Waals surface area (Å²) in [6, 6.07) is 0.802. The number of thiol groups is 1. The number of hydrogen-bond acceptors (Lipinski definition) is 2. The molecule has 2 heteroatoms. The fourth-order valence-electron chi connectivity index (χ4n) is 1.84. The predicted molar refractivity (Wildman–Crippen MR) is 53.3 cm³/mol. The van der Waals surface area contributed by atoms with Crippen molar-refractivity contribution in [1.29, 1.82) is 0 Å². The van der Waals surface area contributed by atoms with Crippen LogP contribution in [-0.2, 0) is 0 Å². The molecule has 0 saturated carbocycles. The highest BCUT2D eigenvalue weighted by molar-refractivity contribution is 7.80. The van der Waals surface area contributed by atoms with E-state index in [0.29, 0.717) is 5.25 Å². The van der Waals surface area contributed by atoms with Crippen molar-refractivity contribution < 1.29 is 0 Å². The number of nitrogens with zero attached hydrogens (tertiary/aromatic N) is 1. The number of likely N-dealkylation sites (tertiary alicyclic amines) is 1. The second kappa shape index (κ2) is 4.36. The van der Waals surface area contributed by atoms with Gasteiger partial charge in [0.2, 0.25) is 0 Å². The molecule has 0 bridgehead atoms. The van der Waals surface area contributed by atoms with Crippen molar-refractivity contribution in [3.8, 4) is 0 Å². The second-order valence-electron chi connectivity index (χ2n) is 3.71. The van der Waals surface area contributed by atoms with E-state index in [2.05, 4.69) is 31.5 Å². The Kier molecular flexibility index (Phi) is 3.73. The third kappa shape index (κ3) is 3.04. The van der Waals surface area contributed by atoms with Gasteiger partial charge in [-0.05, 0) is 32.9 Å². The van der Waals surface area contributed by atoms with Gasteiger partial charge in [-0.2, -0.15) is 12.6 Å². The molecule has 1 nitrogen and oxygen atoms in total. The van der Waals surface area contributed by atoms with Crippen LogP contribution in [-0.4, -0.2) is 29.8 Å². The molecule has 1 aliphatic heterocycles. The maximum Gasteiger partial charge on any atom is 0.0103 e. The van der Waals surface area contributed by atoms with Crippen LogP contribution in [0.25, 0.3) is 0 Å². The number of piperidine rings is 1. The largest absolute Gasteiger partial charge is 0.303 e. The van der Waals surface area contributed by atoms with E-state index in [9.17, 15) is 0 Å². The average molecular weight is 173 g/mol. The molecular formula is C9H19NS. The van der Waals surface area contributed by atoms with Gasteiger partial charge < -0.3 is 4.90 Å². The lowest BCUT2D eigenvalue weighted by molar-refractivity contribution is 0.177. The van der Waals surface area contributed by atoms with Crippen molar-refractivity contribution in [3.63, 3.8) is 0 Å². The Morgan fingerprint density at radius 3 is 2.82 bits per heavy atom. The monoisotopic (exact) mass is 173 g/mol. The molecule has 0 aromatic carbocycles. The molecule has 1 rings (SSSR count). The predicted octanol–water partition coefficient (Wildman–Crippen LogP) is 2.18. The minimum absolute atomic E-state index is 0.556. The Labute approximate surface area is 75.6 Å².